The average Bonchev–Trinajstić information content (AvgIpc) is 3.16. The van der Waals surface area contributed by atoms with Crippen molar-refractivity contribution in [1.29, 1.82) is 0 Å². The summed E-state index contributed by atoms with van der Waals surface area (Å²) in [4.78, 5) is 20.5. The highest BCUT2D eigenvalue weighted by Gasteiger charge is 2.27. The molecule has 0 radical (unpaired) electrons. The summed E-state index contributed by atoms with van der Waals surface area (Å²) in [7, 11) is 1.79. The van der Waals surface area contributed by atoms with Crippen molar-refractivity contribution >= 4 is 5.91 Å². The van der Waals surface area contributed by atoms with Crippen molar-refractivity contribution in [2.75, 3.05) is 33.3 Å². The van der Waals surface area contributed by atoms with Crippen LogP contribution in [-0.2, 0) is 16.1 Å². The molecule has 1 unspecified atom stereocenters. The molecule has 1 aliphatic heterocycles. The fourth-order valence-corrected chi connectivity index (χ4v) is 2.71. The molecule has 1 fully saturated rings. The predicted octanol–water partition coefficient (Wildman–Crippen LogP) is 1.05. The number of amides is 1. The molecule has 130 valence electrons. The number of aromatic amines is 1. The Morgan fingerprint density at radius 2 is 2.29 bits per heavy atom. The molecule has 2 aromatic heterocycles. The van der Waals surface area contributed by atoms with E-state index in [1.54, 1.807) is 11.9 Å². The highest BCUT2D eigenvalue weighted by molar-refractivity contribution is 5.77. The van der Waals surface area contributed by atoms with E-state index in [1.807, 2.05) is 26.0 Å². The number of morpholine rings is 1. The summed E-state index contributed by atoms with van der Waals surface area (Å²) in [6.45, 7) is 6.46. The second-order valence-electron chi connectivity index (χ2n) is 6.14. The first-order valence-electron chi connectivity index (χ1n) is 8.03. The van der Waals surface area contributed by atoms with E-state index < -0.39 is 0 Å². The summed E-state index contributed by atoms with van der Waals surface area (Å²) in [5.74, 6) is 3.10. The maximum absolute atomic E-state index is 12.4. The molecule has 3 heterocycles. The monoisotopic (exact) mass is 333 g/mol. The van der Waals surface area contributed by atoms with Gasteiger partial charge in [-0.25, -0.2) is 4.98 Å². The zero-order valence-electron chi connectivity index (χ0n) is 14.3. The molecule has 24 heavy (non-hydrogen) atoms. The van der Waals surface area contributed by atoms with Gasteiger partial charge >= 0.3 is 0 Å². The molecule has 1 aliphatic rings. The van der Waals surface area contributed by atoms with Crippen LogP contribution in [0.4, 0.5) is 0 Å². The summed E-state index contributed by atoms with van der Waals surface area (Å²) in [5, 5.41) is 6.97. The Balaban J connectivity index is 1.53. The minimum atomic E-state index is -0.200. The molecule has 0 aliphatic carbocycles. The number of aryl methyl sites for hydroxylation is 2. The van der Waals surface area contributed by atoms with Gasteiger partial charge in [-0.15, -0.1) is 0 Å². The topological polar surface area (TPSA) is 87.5 Å². The lowest BCUT2D eigenvalue weighted by molar-refractivity contribution is -0.134. The van der Waals surface area contributed by atoms with Crippen molar-refractivity contribution in [3.63, 3.8) is 0 Å². The molecule has 1 amide bonds. The van der Waals surface area contributed by atoms with E-state index in [0.29, 0.717) is 32.1 Å². The number of carbonyl (C=O) groups is 1. The van der Waals surface area contributed by atoms with Crippen LogP contribution < -0.4 is 0 Å². The van der Waals surface area contributed by atoms with E-state index in [2.05, 4.69) is 20.1 Å². The van der Waals surface area contributed by atoms with Crippen LogP contribution in [0.1, 0.15) is 29.3 Å². The number of H-pyrrole nitrogens is 1. The van der Waals surface area contributed by atoms with E-state index in [4.69, 9.17) is 9.15 Å². The van der Waals surface area contributed by atoms with Crippen LogP contribution in [0, 0.1) is 13.8 Å². The van der Waals surface area contributed by atoms with Crippen molar-refractivity contribution < 1.29 is 13.9 Å². The summed E-state index contributed by atoms with van der Waals surface area (Å²) in [6.07, 6.45) is -0.200. The third-order valence-corrected chi connectivity index (χ3v) is 4.03. The van der Waals surface area contributed by atoms with Gasteiger partial charge in [0.25, 0.3) is 0 Å². The number of furan rings is 1. The van der Waals surface area contributed by atoms with E-state index in [0.717, 1.165) is 23.9 Å². The zero-order valence-corrected chi connectivity index (χ0v) is 14.3. The number of aromatic nitrogens is 3. The molecule has 0 spiro atoms. The molecule has 0 bridgehead atoms. The van der Waals surface area contributed by atoms with E-state index >= 15 is 0 Å². The lowest BCUT2D eigenvalue weighted by Crippen LogP contribution is -2.44. The lowest BCUT2D eigenvalue weighted by Gasteiger charge is -2.32. The van der Waals surface area contributed by atoms with Crippen molar-refractivity contribution in [2.24, 2.45) is 0 Å². The molecular weight excluding hydrogens is 310 g/mol. The summed E-state index contributed by atoms with van der Waals surface area (Å²) in [6, 6.07) is 3.80. The van der Waals surface area contributed by atoms with Gasteiger partial charge in [0.2, 0.25) is 5.91 Å². The third-order valence-electron chi connectivity index (χ3n) is 4.03. The van der Waals surface area contributed by atoms with Gasteiger partial charge in [-0.05, 0) is 26.0 Å². The number of carbonyl (C=O) groups excluding carboxylic acids is 1. The fraction of sp³-hybridized carbons (Fsp3) is 0.562. The molecule has 1 N–H and O–H groups in total. The van der Waals surface area contributed by atoms with Crippen LogP contribution >= 0.6 is 0 Å². The first kappa shape index (κ1) is 16.7. The Labute approximate surface area is 140 Å². The Morgan fingerprint density at radius 1 is 1.46 bits per heavy atom. The van der Waals surface area contributed by atoms with E-state index in [9.17, 15) is 4.79 Å². The van der Waals surface area contributed by atoms with Gasteiger partial charge < -0.3 is 14.1 Å². The summed E-state index contributed by atoms with van der Waals surface area (Å²) in [5.41, 5.74) is 0. The molecule has 2 aromatic rings. The quantitative estimate of drug-likeness (QED) is 0.880. The van der Waals surface area contributed by atoms with Crippen molar-refractivity contribution in [3.05, 3.63) is 35.3 Å². The van der Waals surface area contributed by atoms with Gasteiger partial charge in [-0.2, -0.15) is 5.10 Å². The number of likely N-dealkylation sites (N-methyl/N-ethyl adjacent to an activating group) is 1. The average molecular weight is 333 g/mol. The van der Waals surface area contributed by atoms with Crippen molar-refractivity contribution in [3.8, 4) is 0 Å². The first-order valence-corrected chi connectivity index (χ1v) is 8.03. The van der Waals surface area contributed by atoms with E-state index in [-0.39, 0.29) is 12.0 Å². The first-order chi connectivity index (χ1) is 11.5. The molecule has 8 heteroatoms. The van der Waals surface area contributed by atoms with Crippen molar-refractivity contribution in [2.45, 2.75) is 26.5 Å². The smallest absolute Gasteiger partial charge is 0.236 e. The molecule has 3 rings (SSSR count). The Bertz CT molecular complexity index is 695. The van der Waals surface area contributed by atoms with Gasteiger partial charge in [0.05, 0.1) is 19.7 Å². The number of rotatable bonds is 5. The predicted molar refractivity (Wildman–Crippen MR) is 86.2 cm³/mol. The Kier molecular flexibility index (Phi) is 4.96. The number of hydrogen-bond donors (Lipinski definition) is 1. The normalized spacial score (nSPS) is 18.7. The second-order valence-corrected chi connectivity index (χ2v) is 6.14. The van der Waals surface area contributed by atoms with Gasteiger partial charge in [0.1, 0.15) is 23.4 Å². The summed E-state index contributed by atoms with van der Waals surface area (Å²) >= 11 is 0. The maximum atomic E-state index is 12.4. The zero-order chi connectivity index (χ0) is 17.1. The highest BCUT2D eigenvalue weighted by Crippen LogP contribution is 2.19. The van der Waals surface area contributed by atoms with Crippen LogP contribution in [0.25, 0.3) is 0 Å². The number of nitrogens with one attached hydrogen (secondary N) is 1. The van der Waals surface area contributed by atoms with Crippen molar-refractivity contribution in [1.82, 2.24) is 25.0 Å². The largest absolute Gasteiger partial charge is 0.464 e. The minimum absolute atomic E-state index is 0.0517. The van der Waals surface area contributed by atoms with E-state index in [1.165, 1.54) is 0 Å². The molecular formula is C16H23N5O3. The van der Waals surface area contributed by atoms with Crippen LogP contribution in [-0.4, -0.2) is 64.2 Å². The van der Waals surface area contributed by atoms with Gasteiger partial charge in [0, 0.05) is 20.1 Å². The molecule has 8 nitrogen and oxygen atoms in total. The van der Waals surface area contributed by atoms with Crippen LogP contribution in [0.3, 0.4) is 0 Å². The SMILES string of the molecule is Cc1nc(C2CN(CC(=O)N(C)Cc3ccc(C)o3)CCO2)n[nH]1. The number of ether oxygens (including phenoxy) is 1. The maximum Gasteiger partial charge on any atom is 0.236 e. The third kappa shape index (κ3) is 4.01. The molecule has 1 atom stereocenters. The number of nitrogens with zero attached hydrogens (tertiary/aromatic N) is 4. The number of hydrogen-bond acceptors (Lipinski definition) is 6. The molecule has 0 aromatic carbocycles. The standard InChI is InChI=1S/C16H23N5O3/c1-11-4-5-13(24-11)8-20(3)15(22)10-21-6-7-23-14(9-21)16-17-12(2)18-19-16/h4-5,14H,6-10H2,1-3H3,(H,17,18,19). The Hall–Kier alpha value is -2.19. The molecule has 1 saturated heterocycles. The van der Waals surface area contributed by atoms with Crippen LogP contribution in [0.2, 0.25) is 0 Å². The summed E-state index contributed by atoms with van der Waals surface area (Å²) < 4.78 is 11.2. The minimum Gasteiger partial charge on any atom is -0.464 e. The van der Waals surface area contributed by atoms with Crippen LogP contribution in [0.5, 0.6) is 0 Å². The Morgan fingerprint density at radius 3 is 2.96 bits per heavy atom. The highest BCUT2D eigenvalue weighted by atomic mass is 16.5. The van der Waals surface area contributed by atoms with Gasteiger partial charge in [-0.1, -0.05) is 0 Å². The fourth-order valence-electron chi connectivity index (χ4n) is 2.71. The second kappa shape index (κ2) is 7.14. The molecule has 0 saturated carbocycles. The van der Waals surface area contributed by atoms with Crippen LogP contribution in [0.15, 0.2) is 16.5 Å². The van der Waals surface area contributed by atoms with Gasteiger partial charge in [-0.3, -0.25) is 14.8 Å². The van der Waals surface area contributed by atoms with Gasteiger partial charge in [0.15, 0.2) is 5.82 Å². The lowest BCUT2D eigenvalue weighted by atomic mass is 10.2.